The molecule has 0 atom stereocenters. The average molecular weight is 501 g/mol. The molecule has 0 fully saturated rings. The molecule has 0 saturated heterocycles. The number of rotatable bonds is 5. The monoisotopic (exact) mass is 500 g/mol. The van der Waals surface area contributed by atoms with Gasteiger partial charge in [-0.1, -0.05) is 97.1 Å². The number of nitrogens with zero attached hydrogens (tertiary/aromatic N) is 2. The Kier molecular flexibility index (Phi) is 5.71. The summed E-state index contributed by atoms with van der Waals surface area (Å²) >= 11 is 0. The third kappa shape index (κ3) is 4.26. The fourth-order valence-electron chi connectivity index (χ4n) is 5.54. The van der Waals surface area contributed by atoms with E-state index in [2.05, 4.69) is 169 Å². The summed E-state index contributed by atoms with van der Waals surface area (Å²) in [4.78, 5) is 4.61. The molecule has 186 valence electrons. The Morgan fingerprint density at radius 3 is 1.44 bits per heavy atom. The summed E-state index contributed by atoms with van der Waals surface area (Å²) < 4.78 is 0. The highest BCUT2D eigenvalue weighted by atomic mass is 15.1. The lowest BCUT2D eigenvalue weighted by Gasteiger charge is -2.27. The highest BCUT2D eigenvalue weighted by Crippen LogP contribution is 2.39. The minimum Gasteiger partial charge on any atom is -0.344 e. The number of benzene rings is 7. The van der Waals surface area contributed by atoms with Gasteiger partial charge in [-0.25, -0.2) is 0 Å². The van der Waals surface area contributed by atoms with Crippen molar-refractivity contribution in [1.29, 1.82) is 0 Å². The van der Waals surface area contributed by atoms with Crippen LogP contribution in [0, 0.1) is 0 Å². The van der Waals surface area contributed by atoms with Crippen LogP contribution < -0.4 is 9.80 Å². The fraction of sp³-hybridized carbons (Fsp3) is 0.0270. The van der Waals surface area contributed by atoms with E-state index in [4.69, 9.17) is 0 Å². The second-order valence-corrected chi connectivity index (χ2v) is 9.97. The van der Waals surface area contributed by atoms with Crippen molar-refractivity contribution in [2.75, 3.05) is 16.8 Å². The Bertz CT molecular complexity index is 1850. The SMILES string of the molecule is CN(c1ccc(N(c2ccc3ccccc3c2)c2ccc3ccccc3c2)cc1)c1cccc2ccccc12. The number of hydrogen-bond acceptors (Lipinski definition) is 2. The van der Waals surface area contributed by atoms with E-state index in [9.17, 15) is 0 Å². The lowest BCUT2D eigenvalue weighted by Crippen LogP contribution is -2.12. The van der Waals surface area contributed by atoms with Crippen LogP contribution in [0.1, 0.15) is 0 Å². The van der Waals surface area contributed by atoms with Gasteiger partial charge in [-0.2, -0.15) is 0 Å². The lowest BCUT2D eigenvalue weighted by molar-refractivity contribution is 1.21. The average Bonchev–Trinajstić information content (AvgIpc) is 3.01. The standard InChI is InChI=1S/C37H28N2/c1-38(37-16-8-14-29-11-6-7-15-36(29)37)32-21-23-33(24-22-32)39(34-19-17-27-9-2-4-12-30(27)25-34)35-20-18-28-10-3-5-13-31(28)26-35/h2-26H,1H3. The fourth-order valence-corrected chi connectivity index (χ4v) is 5.54. The van der Waals surface area contributed by atoms with Crippen molar-refractivity contribution in [1.82, 2.24) is 0 Å². The topological polar surface area (TPSA) is 6.48 Å². The van der Waals surface area contributed by atoms with Gasteiger partial charge in [0.15, 0.2) is 0 Å². The van der Waals surface area contributed by atoms with E-state index >= 15 is 0 Å². The van der Waals surface area contributed by atoms with E-state index in [1.54, 1.807) is 0 Å². The van der Waals surface area contributed by atoms with Gasteiger partial charge in [0.1, 0.15) is 0 Å². The van der Waals surface area contributed by atoms with Crippen molar-refractivity contribution >= 4 is 60.8 Å². The molecule has 0 aliphatic carbocycles. The molecule has 0 bridgehead atoms. The highest BCUT2D eigenvalue weighted by Gasteiger charge is 2.15. The molecule has 7 rings (SSSR count). The van der Waals surface area contributed by atoms with E-state index in [1.807, 2.05) is 0 Å². The predicted octanol–water partition coefficient (Wildman–Crippen LogP) is 10.4. The lowest BCUT2D eigenvalue weighted by atomic mass is 10.1. The van der Waals surface area contributed by atoms with Crippen molar-refractivity contribution in [2.24, 2.45) is 0 Å². The number of anilines is 5. The van der Waals surface area contributed by atoms with E-state index < -0.39 is 0 Å². The molecule has 0 saturated carbocycles. The second-order valence-electron chi connectivity index (χ2n) is 9.97. The first-order chi connectivity index (χ1) is 19.2. The molecule has 2 heteroatoms. The van der Waals surface area contributed by atoms with Crippen LogP contribution >= 0.6 is 0 Å². The Hall–Kier alpha value is -5.08. The van der Waals surface area contributed by atoms with Gasteiger partial charge in [-0.15, -0.1) is 0 Å². The maximum Gasteiger partial charge on any atom is 0.0487 e. The highest BCUT2D eigenvalue weighted by molar-refractivity contribution is 5.96. The van der Waals surface area contributed by atoms with Gasteiger partial charge < -0.3 is 9.80 Å². The van der Waals surface area contributed by atoms with Gasteiger partial charge in [-0.3, -0.25) is 0 Å². The third-order valence-electron chi connectivity index (χ3n) is 7.61. The van der Waals surface area contributed by atoms with Crippen LogP contribution in [0.3, 0.4) is 0 Å². The molecule has 2 nitrogen and oxygen atoms in total. The number of fused-ring (bicyclic) bond motifs is 3. The first-order valence-corrected chi connectivity index (χ1v) is 13.3. The molecule has 0 aliphatic heterocycles. The van der Waals surface area contributed by atoms with E-state index in [0.717, 1.165) is 22.7 Å². The zero-order chi connectivity index (χ0) is 26.2. The van der Waals surface area contributed by atoms with Gasteiger partial charge in [0.25, 0.3) is 0 Å². The van der Waals surface area contributed by atoms with E-state index in [-0.39, 0.29) is 0 Å². The summed E-state index contributed by atoms with van der Waals surface area (Å²) in [5.41, 5.74) is 5.74. The Labute approximate surface area is 229 Å². The van der Waals surface area contributed by atoms with Crippen LogP contribution in [0.5, 0.6) is 0 Å². The maximum atomic E-state index is 2.35. The van der Waals surface area contributed by atoms with E-state index in [1.165, 1.54) is 38.0 Å². The normalized spacial score (nSPS) is 11.2. The van der Waals surface area contributed by atoms with Gasteiger partial charge >= 0.3 is 0 Å². The molecule has 0 amide bonds. The summed E-state index contributed by atoms with van der Waals surface area (Å²) in [5.74, 6) is 0. The molecule has 0 radical (unpaired) electrons. The smallest absolute Gasteiger partial charge is 0.0487 e. The Balaban J connectivity index is 1.32. The van der Waals surface area contributed by atoms with Crippen LogP contribution in [0.15, 0.2) is 152 Å². The quantitative estimate of drug-likeness (QED) is 0.232. The van der Waals surface area contributed by atoms with E-state index in [0.29, 0.717) is 0 Å². The Morgan fingerprint density at radius 1 is 0.359 bits per heavy atom. The number of hydrogen-bond donors (Lipinski definition) is 0. The van der Waals surface area contributed by atoms with Crippen LogP contribution in [-0.4, -0.2) is 7.05 Å². The van der Waals surface area contributed by atoms with Gasteiger partial charge in [0.05, 0.1) is 0 Å². The first kappa shape index (κ1) is 23.1. The Morgan fingerprint density at radius 2 is 0.821 bits per heavy atom. The van der Waals surface area contributed by atoms with Crippen molar-refractivity contribution in [2.45, 2.75) is 0 Å². The summed E-state index contributed by atoms with van der Waals surface area (Å²) in [6.07, 6.45) is 0. The molecular formula is C37H28N2. The molecule has 0 aliphatic rings. The summed E-state index contributed by atoms with van der Waals surface area (Å²) in [7, 11) is 2.14. The minimum atomic E-state index is 1.12. The molecule has 0 aromatic heterocycles. The summed E-state index contributed by atoms with van der Waals surface area (Å²) in [6, 6.07) is 54.4. The van der Waals surface area contributed by atoms with Crippen LogP contribution in [-0.2, 0) is 0 Å². The van der Waals surface area contributed by atoms with Crippen molar-refractivity contribution in [3.8, 4) is 0 Å². The predicted molar refractivity (Wildman–Crippen MR) is 168 cm³/mol. The zero-order valence-electron chi connectivity index (χ0n) is 21.8. The van der Waals surface area contributed by atoms with Crippen molar-refractivity contribution < 1.29 is 0 Å². The minimum absolute atomic E-state index is 1.12. The molecule has 0 spiro atoms. The summed E-state index contributed by atoms with van der Waals surface area (Å²) in [6.45, 7) is 0. The van der Waals surface area contributed by atoms with Gasteiger partial charge in [0, 0.05) is 40.9 Å². The van der Waals surface area contributed by atoms with Crippen molar-refractivity contribution in [3.63, 3.8) is 0 Å². The van der Waals surface area contributed by atoms with Gasteiger partial charge in [0.2, 0.25) is 0 Å². The third-order valence-corrected chi connectivity index (χ3v) is 7.61. The van der Waals surface area contributed by atoms with Crippen LogP contribution in [0.4, 0.5) is 28.4 Å². The largest absolute Gasteiger partial charge is 0.344 e. The zero-order valence-corrected chi connectivity index (χ0v) is 21.8. The van der Waals surface area contributed by atoms with Crippen LogP contribution in [0.25, 0.3) is 32.3 Å². The molecule has 7 aromatic rings. The molecular weight excluding hydrogens is 472 g/mol. The van der Waals surface area contributed by atoms with Crippen LogP contribution in [0.2, 0.25) is 0 Å². The van der Waals surface area contributed by atoms with Gasteiger partial charge in [-0.05, 0) is 81.5 Å². The molecule has 39 heavy (non-hydrogen) atoms. The molecule has 0 heterocycles. The second kappa shape index (κ2) is 9.66. The first-order valence-electron chi connectivity index (χ1n) is 13.3. The molecule has 0 unspecified atom stereocenters. The summed E-state index contributed by atoms with van der Waals surface area (Å²) in [5, 5.41) is 7.44. The molecule has 7 aromatic carbocycles. The van der Waals surface area contributed by atoms with Crippen molar-refractivity contribution in [3.05, 3.63) is 152 Å². The maximum absolute atomic E-state index is 2.35. The molecule has 0 N–H and O–H groups in total.